The first-order valence-electron chi connectivity index (χ1n) is 6.51. The molecule has 3 nitrogen and oxygen atoms in total. The van der Waals surface area contributed by atoms with Crippen LogP contribution in [0, 0.1) is 0 Å². The van der Waals surface area contributed by atoms with Gasteiger partial charge in [0.15, 0.2) is 5.78 Å². The molecule has 0 unspecified atom stereocenters. The summed E-state index contributed by atoms with van der Waals surface area (Å²) in [6.07, 6.45) is 0.415. The molecule has 2 aromatic rings. The van der Waals surface area contributed by atoms with Gasteiger partial charge < -0.3 is 9.47 Å². The van der Waals surface area contributed by atoms with Gasteiger partial charge in [-0.3, -0.25) is 4.79 Å². The molecule has 2 rings (SSSR count). The van der Waals surface area contributed by atoms with Crippen molar-refractivity contribution in [3.05, 3.63) is 54.1 Å². The van der Waals surface area contributed by atoms with Crippen LogP contribution in [0.3, 0.4) is 0 Å². The Kier molecular flexibility index (Phi) is 4.91. The lowest BCUT2D eigenvalue weighted by molar-refractivity contribution is 0.0932. The number of carbonyl (C=O) groups is 1. The van der Waals surface area contributed by atoms with E-state index in [4.69, 9.17) is 9.47 Å². The van der Waals surface area contributed by atoms with E-state index < -0.39 is 0 Å². The van der Waals surface area contributed by atoms with Gasteiger partial charge in [0.2, 0.25) is 0 Å². The van der Waals surface area contributed by atoms with E-state index >= 15 is 0 Å². The quantitative estimate of drug-likeness (QED) is 0.753. The summed E-state index contributed by atoms with van der Waals surface area (Å²) in [5.74, 6) is 0.938. The molecule has 3 heteroatoms. The highest BCUT2D eigenvalue weighted by molar-refractivity contribution is 5.96. The van der Waals surface area contributed by atoms with Gasteiger partial charge in [-0.05, 0) is 23.3 Å². The summed E-state index contributed by atoms with van der Waals surface area (Å²) in [5, 5.41) is 0. The minimum absolute atomic E-state index is 0.105. The van der Waals surface area contributed by atoms with E-state index in [0.29, 0.717) is 13.0 Å². The normalized spacial score (nSPS) is 10.3. The molecule has 0 radical (unpaired) electrons. The molecule has 0 aliphatic rings. The highest BCUT2D eigenvalue weighted by atomic mass is 16.5. The Bertz CT molecular complexity index is 556. The summed E-state index contributed by atoms with van der Waals surface area (Å²) in [4.78, 5) is 11.8. The summed E-state index contributed by atoms with van der Waals surface area (Å²) in [6.45, 7) is 0.457. The van der Waals surface area contributed by atoms with Crippen LogP contribution < -0.4 is 4.74 Å². The van der Waals surface area contributed by atoms with Gasteiger partial charge in [0.1, 0.15) is 5.75 Å². The highest BCUT2D eigenvalue weighted by Crippen LogP contribution is 2.22. The summed E-state index contributed by atoms with van der Waals surface area (Å²) in [5.41, 5.74) is 2.90. The largest absolute Gasteiger partial charge is 0.497 e. The standard InChI is InChI=1S/C17H18O3/c1-19-12-11-17(18)15-5-3-13(4-6-15)14-7-9-16(20-2)10-8-14/h3-10H,11-12H2,1-2H3. The number of rotatable bonds is 6. The van der Waals surface area contributed by atoms with E-state index in [1.54, 1.807) is 14.2 Å². The van der Waals surface area contributed by atoms with Gasteiger partial charge in [-0.2, -0.15) is 0 Å². The Hall–Kier alpha value is -2.13. The number of Topliss-reactive ketones (excluding diaryl/α,β-unsaturated/α-hetero) is 1. The average Bonchev–Trinajstić information content (AvgIpc) is 2.53. The van der Waals surface area contributed by atoms with Gasteiger partial charge in [0, 0.05) is 19.1 Å². The van der Waals surface area contributed by atoms with Crippen LogP contribution in [0.1, 0.15) is 16.8 Å². The lowest BCUT2D eigenvalue weighted by Crippen LogP contribution is -2.02. The molecule has 0 amide bonds. The fourth-order valence-corrected chi connectivity index (χ4v) is 1.97. The maximum atomic E-state index is 11.8. The first kappa shape index (κ1) is 14.3. The molecule has 0 saturated heterocycles. The minimum Gasteiger partial charge on any atom is -0.497 e. The van der Waals surface area contributed by atoms with Gasteiger partial charge in [0.05, 0.1) is 13.7 Å². The van der Waals surface area contributed by atoms with Crippen molar-refractivity contribution in [2.24, 2.45) is 0 Å². The zero-order chi connectivity index (χ0) is 14.4. The molecule has 0 saturated carbocycles. The van der Waals surface area contributed by atoms with Crippen molar-refractivity contribution >= 4 is 5.78 Å². The molecule has 0 heterocycles. The zero-order valence-electron chi connectivity index (χ0n) is 11.8. The molecule has 0 aromatic heterocycles. The molecule has 20 heavy (non-hydrogen) atoms. The highest BCUT2D eigenvalue weighted by Gasteiger charge is 2.06. The van der Waals surface area contributed by atoms with Crippen LogP contribution in [-0.2, 0) is 4.74 Å². The molecule has 0 N–H and O–H groups in total. The van der Waals surface area contributed by atoms with Crippen LogP contribution in [0.5, 0.6) is 5.75 Å². The molecule has 104 valence electrons. The Balaban J connectivity index is 2.12. The van der Waals surface area contributed by atoms with E-state index in [1.165, 1.54) is 0 Å². The van der Waals surface area contributed by atoms with Crippen LogP contribution in [0.4, 0.5) is 0 Å². The molecule has 0 bridgehead atoms. The van der Waals surface area contributed by atoms with E-state index in [2.05, 4.69) is 0 Å². The third kappa shape index (κ3) is 3.45. The Morgan fingerprint density at radius 3 is 1.95 bits per heavy atom. The third-order valence-corrected chi connectivity index (χ3v) is 3.16. The second-order valence-corrected chi connectivity index (χ2v) is 4.47. The van der Waals surface area contributed by atoms with Gasteiger partial charge in [-0.15, -0.1) is 0 Å². The smallest absolute Gasteiger partial charge is 0.165 e. The molecule has 0 fully saturated rings. The predicted octanol–water partition coefficient (Wildman–Crippen LogP) is 3.58. The van der Waals surface area contributed by atoms with Gasteiger partial charge in [-0.1, -0.05) is 36.4 Å². The second-order valence-electron chi connectivity index (χ2n) is 4.47. The van der Waals surface area contributed by atoms with Crippen LogP contribution in [0.25, 0.3) is 11.1 Å². The number of hydrogen-bond acceptors (Lipinski definition) is 3. The lowest BCUT2D eigenvalue weighted by atomic mass is 10.0. The predicted molar refractivity (Wildman–Crippen MR) is 79.3 cm³/mol. The van der Waals surface area contributed by atoms with Crippen molar-refractivity contribution in [2.75, 3.05) is 20.8 Å². The Labute approximate surface area is 119 Å². The van der Waals surface area contributed by atoms with E-state index in [-0.39, 0.29) is 5.78 Å². The first-order chi connectivity index (χ1) is 9.74. The topological polar surface area (TPSA) is 35.5 Å². The average molecular weight is 270 g/mol. The van der Waals surface area contributed by atoms with Crippen LogP contribution in [0.15, 0.2) is 48.5 Å². The van der Waals surface area contributed by atoms with E-state index in [1.807, 2.05) is 48.5 Å². The zero-order valence-corrected chi connectivity index (χ0v) is 11.8. The molecule has 0 spiro atoms. The minimum atomic E-state index is 0.105. The maximum Gasteiger partial charge on any atom is 0.165 e. The number of benzene rings is 2. The van der Waals surface area contributed by atoms with Crippen molar-refractivity contribution in [1.29, 1.82) is 0 Å². The monoisotopic (exact) mass is 270 g/mol. The van der Waals surface area contributed by atoms with E-state index in [9.17, 15) is 4.79 Å². The fraction of sp³-hybridized carbons (Fsp3) is 0.235. The van der Waals surface area contributed by atoms with Crippen molar-refractivity contribution in [1.82, 2.24) is 0 Å². The molecule has 0 aliphatic heterocycles. The molecular formula is C17H18O3. The lowest BCUT2D eigenvalue weighted by Gasteiger charge is -2.05. The fourth-order valence-electron chi connectivity index (χ4n) is 1.97. The molecular weight excluding hydrogens is 252 g/mol. The summed E-state index contributed by atoms with van der Waals surface area (Å²) in [6, 6.07) is 15.5. The van der Waals surface area contributed by atoms with Gasteiger partial charge in [0.25, 0.3) is 0 Å². The van der Waals surface area contributed by atoms with Crippen LogP contribution in [0.2, 0.25) is 0 Å². The number of hydrogen-bond donors (Lipinski definition) is 0. The van der Waals surface area contributed by atoms with Crippen LogP contribution in [-0.4, -0.2) is 26.6 Å². The van der Waals surface area contributed by atoms with Crippen molar-refractivity contribution in [3.63, 3.8) is 0 Å². The molecule has 0 atom stereocenters. The summed E-state index contributed by atoms with van der Waals surface area (Å²) in [7, 11) is 3.25. The molecule has 0 aliphatic carbocycles. The molecule has 2 aromatic carbocycles. The van der Waals surface area contributed by atoms with Crippen LogP contribution >= 0.6 is 0 Å². The number of methoxy groups -OCH3 is 2. The van der Waals surface area contributed by atoms with E-state index in [0.717, 1.165) is 22.4 Å². The third-order valence-electron chi connectivity index (χ3n) is 3.16. The second kappa shape index (κ2) is 6.87. The van der Waals surface area contributed by atoms with Crippen molar-refractivity contribution < 1.29 is 14.3 Å². The number of ether oxygens (including phenoxy) is 2. The van der Waals surface area contributed by atoms with Gasteiger partial charge >= 0.3 is 0 Å². The number of ketones is 1. The van der Waals surface area contributed by atoms with Gasteiger partial charge in [-0.25, -0.2) is 0 Å². The Morgan fingerprint density at radius 1 is 0.900 bits per heavy atom. The Morgan fingerprint density at radius 2 is 1.45 bits per heavy atom. The number of carbonyl (C=O) groups excluding carboxylic acids is 1. The maximum absolute atomic E-state index is 11.8. The summed E-state index contributed by atoms with van der Waals surface area (Å²) >= 11 is 0. The van der Waals surface area contributed by atoms with Crippen molar-refractivity contribution in [3.8, 4) is 16.9 Å². The van der Waals surface area contributed by atoms with Crippen molar-refractivity contribution in [2.45, 2.75) is 6.42 Å². The summed E-state index contributed by atoms with van der Waals surface area (Å²) < 4.78 is 10.1. The SMILES string of the molecule is COCCC(=O)c1ccc(-c2ccc(OC)cc2)cc1. The first-order valence-corrected chi connectivity index (χ1v) is 6.51.